The monoisotopic (exact) mass is 273 g/mol. The molecule has 1 heterocycles. The molecule has 1 N–H and O–H groups in total. The Labute approximate surface area is 118 Å². The summed E-state index contributed by atoms with van der Waals surface area (Å²) in [6.45, 7) is 6.27. The van der Waals surface area contributed by atoms with Crippen molar-refractivity contribution in [1.29, 1.82) is 0 Å². The van der Waals surface area contributed by atoms with Crippen LogP contribution in [0.2, 0.25) is 0 Å². The third-order valence-electron chi connectivity index (χ3n) is 3.04. The van der Waals surface area contributed by atoms with E-state index in [4.69, 9.17) is 0 Å². The lowest BCUT2D eigenvalue weighted by atomic mass is 10.0. The second-order valence-corrected chi connectivity index (χ2v) is 5.34. The van der Waals surface area contributed by atoms with E-state index in [1.54, 1.807) is 19.1 Å². The Kier molecular flexibility index (Phi) is 4.17. The minimum atomic E-state index is -0.811. The molecule has 1 aromatic rings. The number of hydrazone groups is 1. The van der Waals surface area contributed by atoms with Gasteiger partial charge in [0.15, 0.2) is 5.92 Å². The van der Waals surface area contributed by atoms with Crippen molar-refractivity contribution in [2.45, 2.75) is 20.8 Å². The van der Waals surface area contributed by atoms with E-state index in [-0.39, 0.29) is 11.8 Å². The molecule has 20 heavy (non-hydrogen) atoms. The Hall–Kier alpha value is -2.17. The van der Waals surface area contributed by atoms with Crippen LogP contribution < -0.4 is 5.32 Å². The molecule has 0 aliphatic carbocycles. The largest absolute Gasteiger partial charge is 0.325 e. The van der Waals surface area contributed by atoms with Crippen molar-refractivity contribution in [2.24, 2.45) is 16.9 Å². The second-order valence-electron chi connectivity index (χ2n) is 5.34. The zero-order valence-corrected chi connectivity index (χ0v) is 12.0. The summed E-state index contributed by atoms with van der Waals surface area (Å²) in [5.41, 5.74) is 1.23. The van der Waals surface area contributed by atoms with Crippen LogP contribution in [0.15, 0.2) is 35.4 Å². The van der Waals surface area contributed by atoms with Gasteiger partial charge in [0.05, 0.1) is 5.71 Å². The number of carbonyl (C=O) groups excluding carboxylic acids is 2. The zero-order valence-electron chi connectivity index (χ0n) is 12.0. The van der Waals surface area contributed by atoms with Gasteiger partial charge in [0.25, 0.3) is 5.91 Å². The van der Waals surface area contributed by atoms with Gasteiger partial charge < -0.3 is 5.32 Å². The predicted octanol–water partition coefficient (Wildman–Crippen LogP) is 2.12. The number of para-hydroxylation sites is 1. The average molecular weight is 273 g/mol. The van der Waals surface area contributed by atoms with Crippen LogP contribution in [0.4, 0.5) is 5.69 Å². The fraction of sp³-hybridized carbons (Fsp3) is 0.400. The number of carbonyl (C=O) groups is 2. The number of anilines is 1. The van der Waals surface area contributed by atoms with E-state index in [0.717, 1.165) is 0 Å². The Morgan fingerprint density at radius 1 is 1.35 bits per heavy atom. The molecular formula is C15H19N3O2. The summed E-state index contributed by atoms with van der Waals surface area (Å²) in [5.74, 6) is -1.07. The highest BCUT2D eigenvalue weighted by atomic mass is 16.2. The maximum Gasteiger partial charge on any atom is 0.261 e. The molecule has 0 bridgehead atoms. The molecule has 1 aliphatic rings. The van der Waals surface area contributed by atoms with Gasteiger partial charge in [-0.15, -0.1) is 0 Å². The molecule has 2 rings (SSSR count). The van der Waals surface area contributed by atoms with Crippen molar-refractivity contribution >= 4 is 23.2 Å². The Balaban J connectivity index is 2.08. The molecule has 1 atom stereocenters. The van der Waals surface area contributed by atoms with Crippen LogP contribution in [0.1, 0.15) is 20.8 Å². The van der Waals surface area contributed by atoms with Gasteiger partial charge in [-0.2, -0.15) is 5.10 Å². The van der Waals surface area contributed by atoms with Gasteiger partial charge in [-0.3, -0.25) is 9.59 Å². The zero-order chi connectivity index (χ0) is 14.7. The number of hydrogen-bond acceptors (Lipinski definition) is 3. The number of benzene rings is 1. The van der Waals surface area contributed by atoms with E-state index in [1.807, 2.05) is 32.0 Å². The van der Waals surface area contributed by atoms with Crippen LogP contribution in [0.5, 0.6) is 0 Å². The van der Waals surface area contributed by atoms with E-state index >= 15 is 0 Å². The van der Waals surface area contributed by atoms with Gasteiger partial charge in [0, 0.05) is 12.2 Å². The summed E-state index contributed by atoms with van der Waals surface area (Å²) in [4.78, 5) is 24.5. The quantitative estimate of drug-likeness (QED) is 0.854. The van der Waals surface area contributed by atoms with E-state index in [1.165, 1.54) is 5.01 Å². The normalized spacial score (nSPS) is 18.4. The lowest BCUT2D eigenvalue weighted by Gasteiger charge is -2.16. The van der Waals surface area contributed by atoms with Crippen LogP contribution in [-0.4, -0.2) is 29.1 Å². The molecule has 106 valence electrons. The van der Waals surface area contributed by atoms with Crippen molar-refractivity contribution in [1.82, 2.24) is 5.01 Å². The number of amides is 2. The lowest BCUT2D eigenvalue weighted by molar-refractivity contribution is -0.136. The highest BCUT2D eigenvalue weighted by molar-refractivity contribution is 6.24. The van der Waals surface area contributed by atoms with Gasteiger partial charge >= 0.3 is 0 Å². The predicted molar refractivity (Wildman–Crippen MR) is 78.2 cm³/mol. The van der Waals surface area contributed by atoms with Crippen LogP contribution in [0.25, 0.3) is 0 Å². The molecule has 5 nitrogen and oxygen atoms in total. The number of rotatable bonds is 4. The molecule has 0 saturated heterocycles. The Morgan fingerprint density at radius 2 is 2.00 bits per heavy atom. The standard InChI is InChI=1S/C15H19N3O2/c1-10(2)9-18-15(20)13(11(3)17-18)14(19)16-12-7-5-4-6-8-12/h4-8,10,13H,9H2,1-3H3,(H,16,19). The molecule has 2 amide bonds. The summed E-state index contributed by atoms with van der Waals surface area (Å²) in [5, 5.41) is 8.34. The molecule has 0 radical (unpaired) electrons. The van der Waals surface area contributed by atoms with Gasteiger partial charge in [-0.1, -0.05) is 32.0 Å². The van der Waals surface area contributed by atoms with Gasteiger partial charge in [-0.05, 0) is 25.0 Å². The average Bonchev–Trinajstić information content (AvgIpc) is 2.64. The fourth-order valence-corrected chi connectivity index (χ4v) is 2.14. The van der Waals surface area contributed by atoms with E-state index in [9.17, 15) is 9.59 Å². The highest BCUT2D eigenvalue weighted by Crippen LogP contribution is 2.19. The first kappa shape index (κ1) is 14.2. The molecular weight excluding hydrogens is 254 g/mol. The van der Waals surface area contributed by atoms with Gasteiger partial charge in [0.1, 0.15) is 0 Å². The summed E-state index contributed by atoms with van der Waals surface area (Å²) in [6, 6.07) is 9.11. The lowest BCUT2D eigenvalue weighted by Crippen LogP contribution is -2.37. The smallest absolute Gasteiger partial charge is 0.261 e. The van der Waals surface area contributed by atoms with Gasteiger partial charge in [-0.25, -0.2) is 5.01 Å². The molecule has 5 heteroatoms. The SMILES string of the molecule is CC1=NN(CC(C)C)C(=O)C1C(=O)Nc1ccccc1. The van der Waals surface area contributed by atoms with Crippen LogP contribution in [0.3, 0.4) is 0 Å². The number of nitrogens with zero attached hydrogens (tertiary/aromatic N) is 2. The second kappa shape index (κ2) is 5.86. The Morgan fingerprint density at radius 3 is 2.60 bits per heavy atom. The van der Waals surface area contributed by atoms with Crippen LogP contribution in [-0.2, 0) is 9.59 Å². The maximum absolute atomic E-state index is 12.2. The van der Waals surface area contributed by atoms with Crippen molar-refractivity contribution in [3.8, 4) is 0 Å². The molecule has 0 aromatic heterocycles. The molecule has 1 unspecified atom stereocenters. The number of nitrogens with one attached hydrogen (secondary N) is 1. The third kappa shape index (κ3) is 3.04. The first-order valence-electron chi connectivity index (χ1n) is 6.71. The van der Waals surface area contributed by atoms with Crippen LogP contribution >= 0.6 is 0 Å². The fourth-order valence-electron chi connectivity index (χ4n) is 2.14. The molecule has 1 aliphatic heterocycles. The summed E-state index contributed by atoms with van der Waals surface area (Å²) >= 11 is 0. The molecule has 0 fully saturated rings. The summed E-state index contributed by atoms with van der Waals surface area (Å²) in [7, 11) is 0. The first-order valence-corrected chi connectivity index (χ1v) is 6.71. The van der Waals surface area contributed by atoms with E-state index in [2.05, 4.69) is 10.4 Å². The van der Waals surface area contributed by atoms with Gasteiger partial charge in [0.2, 0.25) is 5.91 Å². The number of hydrogen-bond donors (Lipinski definition) is 1. The van der Waals surface area contributed by atoms with E-state index < -0.39 is 5.92 Å². The minimum Gasteiger partial charge on any atom is -0.325 e. The molecule has 1 aromatic carbocycles. The highest BCUT2D eigenvalue weighted by Gasteiger charge is 2.39. The third-order valence-corrected chi connectivity index (χ3v) is 3.04. The first-order chi connectivity index (χ1) is 9.49. The van der Waals surface area contributed by atoms with Crippen molar-refractivity contribution in [2.75, 3.05) is 11.9 Å². The summed E-state index contributed by atoms with van der Waals surface area (Å²) in [6.07, 6.45) is 0. The van der Waals surface area contributed by atoms with E-state index in [0.29, 0.717) is 23.9 Å². The molecule has 0 saturated carbocycles. The van der Waals surface area contributed by atoms with Crippen molar-refractivity contribution in [3.63, 3.8) is 0 Å². The topological polar surface area (TPSA) is 61.8 Å². The maximum atomic E-state index is 12.2. The minimum absolute atomic E-state index is 0.246. The van der Waals surface area contributed by atoms with Crippen LogP contribution in [0, 0.1) is 11.8 Å². The molecule has 0 spiro atoms. The summed E-state index contributed by atoms with van der Waals surface area (Å²) < 4.78 is 0. The Bertz CT molecular complexity index is 537. The van der Waals surface area contributed by atoms with Crippen molar-refractivity contribution < 1.29 is 9.59 Å². The van der Waals surface area contributed by atoms with Crippen molar-refractivity contribution in [3.05, 3.63) is 30.3 Å².